The first-order valence-electron chi connectivity index (χ1n) is 17.4. The third-order valence-electron chi connectivity index (χ3n) is 10.0. The predicted octanol–water partition coefficient (Wildman–Crippen LogP) is 13.5. The standard InChI is InChI=1S/C48H32N2O/c1-3-13-33(14-4-1)34-25-29-38(30-26-34)49(39-31-27-36(28-32-39)41-21-11-18-35-15-7-8-19-40(35)41)44-23-12-24-45-47(44)51-48-46(37-16-5-2-6-17-37)42-20-9-10-22-43(42)50(45)48/h1-32H. The van der Waals surface area contributed by atoms with Crippen molar-refractivity contribution in [1.29, 1.82) is 0 Å². The summed E-state index contributed by atoms with van der Waals surface area (Å²) in [5.41, 5.74) is 13.9. The van der Waals surface area contributed by atoms with Crippen molar-refractivity contribution in [3.05, 3.63) is 194 Å². The van der Waals surface area contributed by atoms with Crippen LogP contribution in [0.4, 0.5) is 17.1 Å². The second-order valence-corrected chi connectivity index (χ2v) is 12.9. The summed E-state index contributed by atoms with van der Waals surface area (Å²) < 4.78 is 9.31. The highest BCUT2D eigenvalue weighted by molar-refractivity contribution is 6.08. The number of aromatic nitrogens is 1. The van der Waals surface area contributed by atoms with Gasteiger partial charge in [-0.3, -0.25) is 4.40 Å². The van der Waals surface area contributed by atoms with Gasteiger partial charge >= 0.3 is 0 Å². The van der Waals surface area contributed by atoms with Gasteiger partial charge in [-0.05, 0) is 81.1 Å². The van der Waals surface area contributed by atoms with Crippen LogP contribution in [0, 0.1) is 0 Å². The van der Waals surface area contributed by atoms with E-state index in [4.69, 9.17) is 4.42 Å². The molecule has 0 aliphatic heterocycles. The maximum atomic E-state index is 7.03. The summed E-state index contributed by atoms with van der Waals surface area (Å²) in [6.45, 7) is 0. The molecule has 51 heavy (non-hydrogen) atoms. The summed E-state index contributed by atoms with van der Waals surface area (Å²) in [5, 5.41) is 3.66. The number of oxazole rings is 1. The Morgan fingerprint density at radius 2 is 0.941 bits per heavy atom. The number of fused-ring (bicyclic) bond motifs is 6. The van der Waals surface area contributed by atoms with Crippen molar-refractivity contribution < 1.29 is 4.42 Å². The quantitative estimate of drug-likeness (QED) is 0.178. The third kappa shape index (κ3) is 4.82. The van der Waals surface area contributed by atoms with Crippen LogP contribution in [-0.2, 0) is 0 Å². The molecule has 0 aliphatic rings. The maximum Gasteiger partial charge on any atom is 0.213 e. The molecule has 10 aromatic rings. The predicted molar refractivity (Wildman–Crippen MR) is 213 cm³/mol. The minimum Gasteiger partial charge on any atom is -0.435 e. The van der Waals surface area contributed by atoms with Crippen molar-refractivity contribution in [1.82, 2.24) is 4.40 Å². The lowest BCUT2D eigenvalue weighted by Gasteiger charge is -2.26. The Bertz CT molecular complexity index is 2820. The van der Waals surface area contributed by atoms with Crippen LogP contribution in [0.15, 0.2) is 199 Å². The molecule has 10 rings (SSSR count). The van der Waals surface area contributed by atoms with Crippen LogP contribution in [0.5, 0.6) is 0 Å². The highest BCUT2D eigenvalue weighted by Crippen LogP contribution is 2.45. The summed E-state index contributed by atoms with van der Waals surface area (Å²) in [6, 6.07) is 69.0. The zero-order valence-electron chi connectivity index (χ0n) is 27.8. The van der Waals surface area contributed by atoms with E-state index in [9.17, 15) is 0 Å². The molecule has 2 heterocycles. The van der Waals surface area contributed by atoms with Gasteiger partial charge in [0.05, 0.1) is 22.3 Å². The third-order valence-corrected chi connectivity index (χ3v) is 10.0. The lowest BCUT2D eigenvalue weighted by molar-refractivity contribution is 0.658. The fourth-order valence-corrected chi connectivity index (χ4v) is 7.63. The SMILES string of the molecule is c1ccc(-c2ccc(N(c3ccc(-c4cccc5ccccc45)cc3)c3cccc4c3oc3c(-c5ccccc5)c5ccccc5n34)cc2)cc1. The Labute approximate surface area is 295 Å². The molecule has 0 bridgehead atoms. The van der Waals surface area contributed by atoms with Gasteiger partial charge in [0.25, 0.3) is 0 Å². The largest absolute Gasteiger partial charge is 0.435 e. The average Bonchev–Trinajstić information content (AvgIpc) is 3.74. The minimum atomic E-state index is 0.834. The van der Waals surface area contributed by atoms with Gasteiger partial charge in [-0.2, -0.15) is 0 Å². The molecule has 0 amide bonds. The molecule has 0 radical (unpaired) electrons. The Morgan fingerprint density at radius 1 is 0.392 bits per heavy atom. The zero-order chi connectivity index (χ0) is 33.7. The van der Waals surface area contributed by atoms with Crippen molar-refractivity contribution in [2.45, 2.75) is 0 Å². The van der Waals surface area contributed by atoms with E-state index in [0.717, 1.165) is 50.5 Å². The highest BCUT2D eigenvalue weighted by Gasteiger charge is 2.24. The summed E-state index contributed by atoms with van der Waals surface area (Å²) in [7, 11) is 0. The smallest absolute Gasteiger partial charge is 0.213 e. The molecule has 240 valence electrons. The number of hydrogen-bond acceptors (Lipinski definition) is 2. The molecular weight excluding hydrogens is 621 g/mol. The number of rotatable bonds is 6. The monoisotopic (exact) mass is 652 g/mol. The van der Waals surface area contributed by atoms with Crippen LogP contribution in [0.1, 0.15) is 0 Å². The second-order valence-electron chi connectivity index (χ2n) is 12.9. The fourth-order valence-electron chi connectivity index (χ4n) is 7.63. The normalized spacial score (nSPS) is 11.5. The molecular formula is C48H32N2O. The van der Waals surface area contributed by atoms with E-state index in [1.54, 1.807) is 0 Å². The van der Waals surface area contributed by atoms with E-state index in [2.05, 4.69) is 203 Å². The Hall–Kier alpha value is -6.84. The van der Waals surface area contributed by atoms with Gasteiger partial charge in [0, 0.05) is 16.8 Å². The molecule has 0 spiro atoms. The van der Waals surface area contributed by atoms with Gasteiger partial charge in [0.2, 0.25) is 5.71 Å². The summed E-state index contributed by atoms with van der Waals surface area (Å²) in [6.07, 6.45) is 0. The lowest BCUT2D eigenvalue weighted by Crippen LogP contribution is -2.10. The van der Waals surface area contributed by atoms with Crippen LogP contribution in [0.2, 0.25) is 0 Å². The summed E-state index contributed by atoms with van der Waals surface area (Å²) >= 11 is 0. The number of anilines is 3. The van der Waals surface area contributed by atoms with Gasteiger partial charge in [0.1, 0.15) is 0 Å². The van der Waals surface area contributed by atoms with E-state index >= 15 is 0 Å². The molecule has 0 aliphatic carbocycles. The first kappa shape index (κ1) is 29.1. The second kappa shape index (κ2) is 11.9. The van der Waals surface area contributed by atoms with E-state index < -0.39 is 0 Å². The molecule has 0 atom stereocenters. The average molecular weight is 653 g/mol. The number of nitrogens with zero attached hydrogens (tertiary/aromatic N) is 2. The number of para-hydroxylation sites is 2. The van der Waals surface area contributed by atoms with E-state index in [1.807, 2.05) is 0 Å². The highest BCUT2D eigenvalue weighted by atomic mass is 16.3. The molecule has 0 saturated carbocycles. The summed E-state index contributed by atoms with van der Waals surface area (Å²) in [5.74, 6) is 0. The van der Waals surface area contributed by atoms with Crippen LogP contribution in [0.25, 0.3) is 71.9 Å². The number of hydrogen-bond donors (Lipinski definition) is 0. The van der Waals surface area contributed by atoms with Crippen molar-refractivity contribution in [2.24, 2.45) is 0 Å². The van der Waals surface area contributed by atoms with E-state index in [-0.39, 0.29) is 0 Å². The minimum absolute atomic E-state index is 0.834. The van der Waals surface area contributed by atoms with Gasteiger partial charge in [0.15, 0.2) is 5.58 Å². The molecule has 0 unspecified atom stereocenters. The van der Waals surface area contributed by atoms with Gasteiger partial charge in [-0.25, -0.2) is 0 Å². The van der Waals surface area contributed by atoms with Crippen molar-refractivity contribution in [3.63, 3.8) is 0 Å². The number of benzene rings is 8. The molecule has 3 heteroatoms. The van der Waals surface area contributed by atoms with E-state index in [1.165, 1.54) is 38.4 Å². The van der Waals surface area contributed by atoms with Crippen molar-refractivity contribution in [2.75, 3.05) is 4.90 Å². The van der Waals surface area contributed by atoms with Crippen LogP contribution < -0.4 is 4.90 Å². The zero-order valence-corrected chi connectivity index (χ0v) is 27.8. The van der Waals surface area contributed by atoms with Gasteiger partial charge in [-0.15, -0.1) is 0 Å². The molecule has 3 nitrogen and oxygen atoms in total. The van der Waals surface area contributed by atoms with Crippen molar-refractivity contribution >= 4 is 55.6 Å². The molecule has 0 saturated heterocycles. The van der Waals surface area contributed by atoms with Gasteiger partial charge in [-0.1, -0.05) is 152 Å². The summed E-state index contributed by atoms with van der Waals surface area (Å²) in [4.78, 5) is 2.32. The molecule has 0 fully saturated rings. The van der Waals surface area contributed by atoms with Crippen LogP contribution >= 0.6 is 0 Å². The Balaban J connectivity index is 1.18. The molecule has 2 aromatic heterocycles. The first-order valence-corrected chi connectivity index (χ1v) is 17.4. The fraction of sp³-hybridized carbons (Fsp3) is 0. The lowest BCUT2D eigenvalue weighted by atomic mass is 9.98. The Morgan fingerprint density at radius 3 is 1.69 bits per heavy atom. The van der Waals surface area contributed by atoms with E-state index in [0.29, 0.717) is 0 Å². The Kier molecular flexibility index (Phi) is 6.81. The topological polar surface area (TPSA) is 20.8 Å². The van der Waals surface area contributed by atoms with Crippen LogP contribution in [-0.4, -0.2) is 4.40 Å². The maximum absolute atomic E-state index is 7.03. The first-order chi connectivity index (χ1) is 25.3. The molecule has 0 N–H and O–H groups in total. The molecule has 8 aromatic carbocycles. The van der Waals surface area contributed by atoms with Gasteiger partial charge < -0.3 is 9.32 Å². The van der Waals surface area contributed by atoms with Crippen LogP contribution in [0.3, 0.4) is 0 Å². The van der Waals surface area contributed by atoms with Crippen molar-refractivity contribution in [3.8, 4) is 33.4 Å².